The van der Waals surface area contributed by atoms with Gasteiger partial charge in [0.1, 0.15) is 0 Å². The van der Waals surface area contributed by atoms with E-state index in [1.165, 1.54) is 51.4 Å². The predicted octanol–water partition coefficient (Wildman–Crippen LogP) is 5.45. The second-order valence-corrected chi connectivity index (χ2v) is 6.01. The van der Waals surface area contributed by atoms with Crippen molar-refractivity contribution in [3.05, 3.63) is 19.1 Å². The first-order chi connectivity index (χ1) is 10.2. The maximum absolute atomic E-state index is 9.65. The minimum atomic E-state index is -0.206. The molecule has 2 nitrogen and oxygen atoms in total. The van der Waals surface area contributed by atoms with Gasteiger partial charge in [-0.3, -0.25) is 0 Å². The van der Waals surface area contributed by atoms with Crippen molar-refractivity contribution in [2.24, 2.45) is 0 Å². The molecule has 0 aromatic heterocycles. The molecule has 1 N–H and O–H groups in total. The van der Waals surface area contributed by atoms with Gasteiger partial charge in [0, 0.05) is 7.11 Å². The van der Waals surface area contributed by atoms with E-state index in [0.717, 1.165) is 25.7 Å². The number of ether oxygens (including phenoxy) is 1. The van der Waals surface area contributed by atoms with E-state index in [2.05, 4.69) is 13.0 Å². The van der Waals surface area contributed by atoms with Crippen LogP contribution in [-0.4, -0.2) is 24.4 Å². The van der Waals surface area contributed by atoms with E-state index in [1.807, 2.05) is 13.0 Å². The van der Waals surface area contributed by atoms with Gasteiger partial charge in [-0.25, -0.2) is 0 Å². The largest absolute Gasteiger partial charge is 0.393 e. The third kappa shape index (κ3) is 14.4. The number of aliphatic hydroxyl groups excluding tert-OH is 1. The number of rotatable bonds is 16. The Balaban J connectivity index is 3.28. The van der Waals surface area contributed by atoms with Gasteiger partial charge in [-0.05, 0) is 38.5 Å². The van der Waals surface area contributed by atoms with Crippen molar-refractivity contribution in [3.8, 4) is 0 Å². The highest BCUT2D eigenvalue weighted by atomic mass is 16.5. The van der Waals surface area contributed by atoms with Crippen LogP contribution in [0.3, 0.4) is 0 Å². The number of hydrogen-bond acceptors (Lipinski definition) is 2. The van der Waals surface area contributed by atoms with E-state index in [-0.39, 0.29) is 12.2 Å². The van der Waals surface area contributed by atoms with E-state index in [0.29, 0.717) is 0 Å². The van der Waals surface area contributed by atoms with Gasteiger partial charge in [0.2, 0.25) is 0 Å². The monoisotopic (exact) mass is 297 g/mol. The normalized spacial score (nSPS) is 14.0. The molecular formula is C19H37O2. The zero-order valence-corrected chi connectivity index (χ0v) is 14.4. The van der Waals surface area contributed by atoms with Crippen LogP contribution in [0.5, 0.6) is 0 Å². The van der Waals surface area contributed by atoms with E-state index in [9.17, 15) is 5.11 Å². The van der Waals surface area contributed by atoms with Gasteiger partial charge in [-0.2, -0.15) is 0 Å². The zero-order valence-electron chi connectivity index (χ0n) is 14.4. The standard InChI is InChI=1S/C19H37O2/c1-4-6-7-8-9-10-11-12-13-14-15-16-19(21-3)17-18(20)5-2/h4,12,18-20H,1,5-11,13-17H2,2-3H3. The van der Waals surface area contributed by atoms with Gasteiger partial charge in [0.25, 0.3) is 0 Å². The summed E-state index contributed by atoms with van der Waals surface area (Å²) in [5, 5.41) is 9.65. The molecule has 21 heavy (non-hydrogen) atoms. The second-order valence-electron chi connectivity index (χ2n) is 6.01. The lowest BCUT2D eigenvalue weighted by Gasteiger charge is -2.18. The molecule has 2 unspecified atom stereocenters. The molecule has 0 bridgehead atoms. The Hall–Kier alpha value is -0.340. The first kappa shape index (κ1) is 20.7. The highest BCUT2D eigenvalue weighted by Crippen LogP contribution is 2.15. The lowest BCUT2D eigenvalue weighted by molar-refractivity contribution is 0.0377. The lowest BCUT2D eigenvalue weighted by Crippen LogP contribution is -2.19. The maximum Gasteiger partial charge on any atom is 0.0596 e. The van der Waals surface area contributed by atoms with Crippen LogP contribution in [0.1, 0.15) is 84.0 Å². The van der Waals surface area contributed by atoms with Crippen LogP contribution in [0.25, 0.3) is 0 Å². The molecular weight excluding hydrogens is 260 g/mol. The molecule has 0 rings (SSSR count). The van der Waals surface area contributed by atoms with Gasteiger partial charge in [0.15, 0.2) is 0 Å². The Morgan fingerprint density at radius 1 is 1.00 bits per heavy atom. The molecule has 0 aromatic carbocycles. The summed E-state index contributed by atoms with van der Waals surface area (Å²) in [7, 11) is 1.76. The molecule has 0 spiro atoms. The number of allylic oxidation sites excluding steroid dienone is 1. The Labute approximate surface area is 133 Å². The molecule has 0 aromatic rings. The fraction of sp³-hybridized carbons (Fsp3) is 0.842. The van der Waals surface area contributed by atoms with Crippen LogP contribution >= 0.6 is 0 Å². The second kappa shape index (κ2) is 16.0. The molecule has 0 aliphatic rings. The first-order valence-corrected chi connectivity index (χ1v) is 8.88. The minimum absolute atomic E-state index is 0.206. The van der Waals surface area contributed by atoms with Crippen molar-refractivity contribution in [2.45, 2.75) is 96.2 Å². The first-order valence-electron chi connectivity index (χ1n) is 8.88. The van der Waals surface area contributed by atoms with Crippen LogP contribution < -0.4 is 0 Å². The summed E-state index contributed by atoms with van der Waals surface area (Å²) in [4.78, 5) is 0. The van der Waals surface area contributed by atoms with Gasteiger partial charge in [-0.1, -0.05) is 57.9 Å². The highest BCUT2D eigenvalue weighted by molar-refractivity contribution is 4.69. The predicted molar refractivity (Wildman–Crippen MR) is 92.4 cm³/mol. The van der Waals surface area contributed by atoms with Crippen molar-refractivity contribution in [2.75, 3.05) is 7.11 Å². The fourth-order valence-electron chi connectivity index (χ4n) is 2.54. The summed E-state index contributed by atoms with van der Waals surface area (Å²) < 4.78 is 5.44. The summed E-state index contributed by atoms with van der Waals surface area (Å²) in [6.07, 6.45) is 18.6. The third-order valence-corrected chi connectivity index (χ3v) is 4.09. The van der Waals surface area contributed by atoms with Crippen molar-refractivity contribution >= 4 is 0 Å². The number of hydrogen-bond donors (Lipinski definition) is 1. The molecule has 125 valence electrons. The molecule has 1 radical (unpaired) electrons. The minimum Gasteiger partial charge on any atom is -0.393 e. The molecule has 0 fully saturated rings. The van der Waals surface area contributed by atoms with Gasteiger partial charge < -0.3 is 9.84 Å². The van der Waals surface area contributed by atoms with Crippen LogP contribution in [-0.2, 0) is 4.74 Å². The summed E-state index contributed by atoms with van der Waals surface area (Å²) in [6.45, 7) is 5.76. The van der Waals surface area contributed by atoms with Crippen LogP contribution in [0.2, 0.25) is 0 Å². The quantitative estimate of drug-likeness (QED) is 0.303. The molecule has 0 aliphatic heterocycles. The summed E-state index contributed by atoms with van der Waals surface area (Å²) in [6, 6.07) is 0. The van der Waals surface area contributed by atoms with Crippen LogP contribution in [0.4, 0.5) is 0 Å². The zero-order chi connectivity index (χ0) is 15.8. The van der Waals surface area contributed by atoms with Gasteiger partial charge >= 0.3 is 0 Å². The number of aliphatic hydroxyl groups is 1. The van der Waals surface area contributed by atoms with E-state index >= 15 is 0 Å². The highest BCUT2D eigenvalue weighted by Gasteiger charge is 2.11. The van der Waals surface area contributed by atoms with Crippen molar-refractivity contribution in [3.63, 3.8) is 0 Å². The van der Waals surface area contributed by atoms with Crippen molar-refractivity contribution in [1.82, 2.24) is 0 Å². The summed E-state index contributed by atoms with van der Waals surface area (Å²) in [5.41, 5.74) is 0. The Bertz CT molecular complexity index is 216. The average molecular weight is 298 g/mol. The average Bonchev–Trinajstić information content (AvgIpc) is 2.51. The molecule has 0 saturated carbocycles. The molecule has 0 amide bonds. The van der Waals surface area contributed by atoms with Crippen LogP contribution in [0.15, 0.2) is 12.7 Å². The van der Waals surface area contributed by atoms with E-state index < -0.39 is 0 Å². The SMILES string of the molecule is C=CCCCCCC[CH]CCCCC(CC(O)CC)OC. The van der Waals surface area contributed by atoms with E-state index in [1.54, 1.807) is 7.11 Å². The molecule has 2 heteroatoms. The number of methoxy groups -OCH3 is 1. The van der Waals surface area contributed by atoms with Gasteiger partial charge in [-0.15, -0.1) is 6.58 Å². The van der Waals surface area contributed by atoms with Gasteiger partial charge in [0.05, 0.1) is 12.2 Å². The third-order valence-electron chi connectivity index (χ3n) is 4.09. The topological polar surface area (TPSA) is 29.5 Å². The molecule has 2 atom stereocenters. The number of unbranched alkanes of at least 4 members (excludes halogenated alkanes) is 9. The maximum atomic E-state index is 9.65. The van der Waals surface area contributed by atoms with Crippen molar-refractivity contribution < 1.29 is 9.84 Å². The molecule has 0 aliphatic carbocycles. The Morgan fingerprint density at radius 3 is 2.19 bits per heavy atom. The van der Waals surface area contributed by atoms with E-state index in [4.69, 9.17) is 4.74 Å². The van der Waals surface area contributed by atoms with Crippen molar-refractivity contribution in [1.29, 1.82) is 0 Å². The Morgan fingerprint density at radius 2 is 1.62 bits per heavy atom. The molecule has 0 heterocycles. The smallest absolute Gasteiger partial charge is 0.0596 e. The molecule has 0 saturated heterocycles. The summed E-state index contributed by atoms with van der Waals surface area (Å²) in [5.74, 6) is 0. The van der Waals surface area contributed by atoms with Crippen LogP contribution in [0, 0.1) is 6.42 Å². The Kier molecular flexibility index (Phi) is 15.8. The summed E-state index contributed by atoms with van der Waals surface area (Å²) >= 11 is 0. The fourth-order valence-corrected chi connectivity index (χ4v) is 2.54. The lowest BCUT2D eigenvalue weighted by atomic mass is 10.0.